The Morgan fingerprint density at radius 2 is 2.05 bits per heavy atom. The second-order valence-corrected chi connectivity index (χ2v) is 5.39. The largest absolute Gasteiger partial charge is 0.506 e. The number of para-hydroxylation sites is 2. The van der Waals surface area contributed by atoms with Crippen LogP contribution in [0.1, 0.15) is 13.3 Å². The Balaban J connectivity index is 1.85. The van der Waals surface area contributed by atoms with Crippen molar-refractivity contribution in [1.29, 1.82) is 0 Å². The maximum atomic E-state index is 12.3. The third-order valence-corrected chi connectivity index (χ3v) is 3.85. The number of ether oxygens (including phenoxy) is 1. The van der Waals surface area contributed by atoms with Crippen molar-refractivity contribution in [2.24, 2.45) is 0 Å². The lowest BCUT2D eigenvalue weighted by atomic mass is 10.2. The number of nitrogens with zero attached hydrogens (tertiary/aromatic N) is 2. The molecule has 1 fully saturated rings. The lowest BCUT2D eigenvalue weighted by molar-refractivity contribution is -0.142. The monoisotopic (exact) mass is 304 g/mol. The maximum Gasteiger partial charge on any atom is 0.251 e. The molecular formula is C17H24N2O3. The maximum absolute atomic E-state index is 12.3. The highest BCUT2D eigenvalue weighted by Crippen LogP contribution is 2.27. The first-order chi connectivity index (χ1) is 10.6. The number of phenols is 1. The van der Waals surface area contributed by atoms with Gasteiger partial charge in [0.05, 0.1) is 12.3 Å². The number of hydrogen-bond donors (Lipinski definition) is 1. The fourth-order valence-corrected chi connectivity index (χ4v) is 2.56. The van der Waals surface area contributed by atoms with E-state index in [0.717, 1.165) is 12.1 Å². The van der Waals surface area contributed by atoms with Crippen molar-refractivity contribution in [2.75, 3.05) is 37.7 Å². The van der Waals surface area contributed by atoms with Crippen LogP contribution in [0.25, 0.3) is 0 Å². The number of piperazine rings is 1. The van der Waals surface area contributed by atoms with E-state index >= 15 is 0 Å². The van der Waals surface area contributed by atoms with Gasteiger partial charge in [0.15, 0.2) is 0 Å². The molecule has 1 unspecified atom stereocenters. The number of anilines is 1. The summed E-state index contributed by atoms with van der Waals surface area (Å²) in [4.78, 5) is 16.2. The lowest BCUT2D eigenvalue weighted by Crippen LogP contribution is -2.51. The zero-order chi connectivity index (χ0) is 15.9. The molecule has 1 N–H and O–H groups in total. The summed E-state index contributed by atoms with van der Waals surface area (Å²) >= 11 is 0. The molecule has 0 aliphatic carbocycles. The number of hydrogen-bond acceptors (Lipinski definition) is 4. The molecule has 1 aliphatic rings. The number of benzene rings is 1. The summed E-state index contributed by atoms with van der Waals surface area (Å²) < 4.78 is 5.51. The van der Waals surface area contributed by atoms with Gasteiger partial charge in [0.1, 0.15) is 11.9 Å². The van der Waals surface area contributed by atoms with Gasteiger partial charge in [0.25, 0.3) is 5.91 Å². The van der Waals surface area contributed by atoms with Crippen molar-refractivity contribution in [2.45, 2.75) is 19.4 Å². The molecule has 1 saturated heterocycles. The van der Waals surface area contributed by atoms with Crippen LogP contribution < -0.4 is 4.90 Å². The van der Waals surface area contributed by atoms with Gasteiger partial charge in [0, 0.05) is 26.2 Å². The molecular weight excluding hydrogens is 280 g/mol. The first kappa shape index (κ1) is 16.4. The van der Waals surface area contributed by atoms with Crippen LogP contribution in [0, 0.1) is 0 Å². The smallest absolute Gasteiger partial charge is 0.251 e. The average Bonchev–Trinajstić information content (AvgIpc) is 2.55. The molecule has 0 saturated carbocycles. The van der Waals surface area contributed by atoms with Crippen molar-refractivity contribution in [1.82, 2.24) is 4.90 Å². The van der Waals surface area contributed by atoms with Crippen LogP contribution in [0.2, 0.25) is 0 Å². The van der Waals surface area contributed by atoms with Gasteiger partial charge < -0.3 is 19.6 Å². The van der Waals surface area contributed by atoms with Crippen molar-refractivity contribution < 1.29 is 14.6 Å². The van der Waals surface area contributed by atoms with Crippen LogP contribution in [0.4, 0.5) is 5.69 Å². The van der Waals surface area contributed by atoms with E-state index in [4.69, 9.17) is 4.74 Å². The molecule has 1 amide bonds. The number of rotatable bonds is 6. The number of phenolic OH excluding ortho intramolecular Hbond substituents is 1. The highest BCUT2D eigenvalue weighted by molar-refractivity contribution is 5.80. The third-order valence-electron chi connectivity index (χ3n) is 3.85. The molecule has 5 heteroatoms. The van der Waals surface area contributed by atoms with Crippen LogP contribution in [0.3, 0.4) is 0 Å². The second kappa shape index (κ2) is 7.84. The first-order valence-corrected chi connectivity index (χ1v) is 7.67. The Hall–Kier alpha value is -2.01. The highest BCUT2D eigenvalue weighted by atomic mass is 16.5. The van der Waals surface area contributed by atoms with Gasteiger partial charge in [-0.25, -0.2) is 0 Å². The van der Waals surface area contributed by atoms with E-state index in [-0.39, 0.29) is 11.7 Å². The Morgan fingerprint density at radius 1 is 1.36 bits per heavy atom. The minimum absolute atomic E-state index is 0.0287. The van der Waals surface area contributed by atoms with E-state index in [9.17, 15) is 9.90 Å². The molecule has 2 rings (SSSR count). The zero-order valence-electron chi connectivity index (χ0n) is 13.1. The summed E-state index contributed by atoms with van der Waals surface area (Å²) in [5.41, 5.74) is 0.824. The van der Waals surface area contributed by atoms with E-state index in [1.807, 2.05) is 17.0 Å². The average molecular weight is 304 g/mol. The molecule has 22 heavy (non-hydrogen) atoms. The standard InChI is InChI=1S/C17H24N2O3/c1-3-4-13-22-14(2)17(21)19-11-9-18(10-12-19)15-7-5-6-8-16(15)20/h3,5-8,14,20H,1,4,9-13H2,2H3. The van der Waals surface area contributed by atoms with Gasteiger partial charge >= 0.3 is 0 Å². The van der Waals surface area contributed by atoms with E-state index < -0.39 is 6.10 Å². The van der Waals surface area contributed by atoms with Gasteiger partial charge in [0.2, 0.25) is 0 Å². The molecule has 1 heterocycles. The first-order valence-electron chi connectivity index (χ1n) is 7.67. The summed E-state index contributed by atoms with van der Waals surface area (Å²) in [5, 5.41) is 9.90. The predicted octanol–water partition coefficient (Wildman–Crippen LogP) is 2.02. The third kappa shape index (κ3) is 4.01. The van der Waals surface area contributed by atoms with Crippen LogP contribution in [-0.2, 0) is 9.53 Å². The van der Waals surface area contributed by atoms with E-state index in [0.29, 0.717) is 32.8 Å². The number of aromatic hydroxyl groups is 1. The summed E-state index contributed by atoms with van der Waals surface area (Å²) in [7, 11) is 0. The fourth-order valence-electron chi connectivity index (χ4n) is 2.56. The van der Waals surface area contributed by atoms with Gasteiger partial charge in [-0.3, -0.25) is 4.79 Å². The normalized spacial score (nSPS) is 16.4. The Morgan fingerprint density at radius 3 is 2.68 bits per heavy atom. The SMILES string of the molecule is C=CCCOC(C)C(=O)N1CCN(c2ccccc2O)CC1. The molecule has 1 aliphatic heterocycles. The van der Waals surface area contributed by atoms with Gasteiger partial charge in [-0.2, -0.15) is 0 Å². The van der Waals surface area contributed by atoms with Crippen molar-refractivity contribution >= 4 is 11.6 Å². The molecule has 0 spiro atoms. The highest BCUT2D eigenvalue weighted by Gasteiger charge is 2.26. The molecule has 5 nitrogen and oxygen atoms in total. The van der Waals surface area contributed by atoms with Crippen molar-refractivity contribution in [3.05, 3.63) is 36.9 Å². The number of carbonyl (C=O) groups is 1. The molecule has 1 atom stereocenters. The van der Waals surface area contributed by atoms with Crippen LogP contribution in [-0.4, -0.2) is 54.8 Å². The van der Waals surface area contributed by atoms with E-state index in [1.165, 1.54) is 0 Å². The molecule has 0 bridgehead atoms. The Bertz CT molecular complexity index is 510. The van der Waals surface area contributed by atoms with E-state index in [1.54, 1.807) is 25.1 Å². The fraction of sp³-hybridized carbons (Fsp3) is 0.471. The predicted molar refractivity (Wildman–Crippen MR) is 87.1 cm³/mol. The Labute approximate surface area is 131 Å². The molecule has 0 radical (unpaired) electrons. The van der Waals surface area contributed by atoms with Gasteiger partial charge in [-0.1, -0.05) is 18.2 Å². The molecule has 0 aromatic heterocycles. The summed E-state index contributed by atoms with van der Waals surface area (Å²) in [6.45, 7) is 8.65. The number of amides is 1. The number of carbonyl (C=O) groups excluding carboxylic acids is 1. The van der Waals surface area contributed by atoms with Crippen LogP contribution in [0.5, 0.6) is 5.75 Å². The minimum Gasteiger partial charge on any atom is -0.506 e. The zero-order valence-corrected chi connectivity index (χ0v) is 13.1. The topological polar surface area (TPSA) is 53.0 Å². The van der Waals surface area contributed by atoms with Crippen molar-refractivity contribution in [3.63, 3.8) is 0 Å². The van der Waals surface area contributed by atoms with Gasteiger partial charge in [-0.05, 0) is 25.5 Å². The quantitative estimate of drug-likeness (QED) is 0.645. The second-order valence-electron chi connectivity index (χ2n) is 5.39. The lowest BCUT2D eigenvalue weighted by Gasteiger charge is -2.37. The van der Waals surface area contributed by atoms with Crippen LogP contribution in [0.15, 0.2) is 36.9 Å². The summed E-state index contributed by atoms with van der Waals surface area (Å²) in [6, 6.07) is 7.29. The molecule has 1 aromatic rings. The molecule has 120 valence electrons. The van der Waals surface area contributed by atoms with Gasteiger partial charge in [-0.15, -0.1) is 6.58 Å². The van der Waals surface area contributed by atoms with Crippen LogP contribution >= 0.6 is 0 Å². The molecule has 1 aromatic carbocycles. The minimum atomic E-state index is -0.420. The van der Waals surface area contributed by atoms with E-state index in [2.05, 4.69) is 11.5 Å². The van der Waals surface area contributed by atoms with Crippen molar-refractivity contribution in [3.8, 4) is 5.75 Å². The Kier molecular flexibility index (Phi) is 5.83. The summed E-state index contributed by atoms with van der Waals surface area (Å²) in [6.07, 6.45) is 2.11. The summed E-state index contributed by atoms with van der Waals surface area (Å²) in [5.74, 6) is 0.310.